The van der Waals surface area contributed by atoms with Crippen molar-refractivity contribution in [2.75, 3.05) is 5.32 Å². The van der Waals surface area contributed by atoms with Gasteiger partial charge in [0, 0.05) is 5.69 Å². The number of aliphatic hydroxyl groups is 2. The first kappa shape index (κ1) is 21.8. The van der Waals surface area contributed by atoms with Gasteiger partial charge in [-0.3, -0.25) is 0 Å². The molecule has 0 unspecified atom stereocenters. The normalized spacial score (nSPS) is 7.35. The number of anilines is 1. The SMILES string of the molecule is C.Cc1cccc(NC(O)=S)c1.NC(O)=S.[NaH]. The van der Waals surface area contributed by atoms with Crippen molar-refractivity contribution in [3.63, 3.8) is 0 Å². The molecule has 0 amide bonds. The van der Waals surface area contributed by atoms with Gasteiger partial charge in [-0.25, -0.2) is 0 Å². The van der Waals surface area contributed by atoms with Crippen molar-refractivity contribution in [3.05, 3.63) is 29.8 Å². The predicted octanol–water partition coefficient (Wildman–Crippen LogP) is 2.03. The zero-order valence-corrected chi connectivity index (χ0v) is 9.73. The van der Waals surface area contributed by atoms with Crippen LogP contribution in [0.25, 0.3) is 0 Å². The first-order chi connectivity index (χ1) is 6.91. The van der Waals surface area contributed by atoms with Crippen molar-refractivity contribution in [1.29, 1.82) is 0 Å². The molecule has 0 aromatic heterocycles. The second-order valence-electron chi connectivity index (χ2n) is 2.64. The molecule has 7 heteroatoms. The Morgan fingerprint density at radius 2 is 1.76 bits per heavy atom. The summed E-state index contributed by atoms with van der Waals surface area (Å²) in [7, 11) is 0. The first-order valence-electron chi connectivity index (χ1n) is 3.97. The molecule has 1 aromatic carbocycles. The summed E-state index contributed by atoms with van der Waals surface area (Å²) in [6.45, 7) is 1.98. The topological polar surface area (TPSA) is 78.5 Å². The Morgan fingerprint density at radius 1 is 1.29 bits per heavy atom. The molecule has 0 fully saturated rings. The molecule has 17 heavy (non-hydrogen) atoms. The molecule has 0 bridgehead atoms. The van der Waals surface area contributed by atoms with E-state index >= 15 is 0 Å². The molecule has 0 aliphatic heterocycles. The van der Waals surface area contributed by atoms with E-state index in [0.717, 1.165) is 11.3 Å². The van der Waals surface area contributed by atoms with E-state index in [9.17, 15) is 0 Å². The minimum atomic E-state index is -0.500. The van der Waals surface area contributed by atoms with Gasteiger partial charge in [-0.1, -0.05) is 19.6 Å². The number of hydrogen-bond acceptors (Lipinski definition) is 2. The predicted molar refractivity (Wildman–Crippen MR) is 83.3 cm³/mol. The zero-order chi connectivity index (χ0) is 11.8. The summed E-state index contributed by atoms with van der Waals surface area (Å²) >= 11 is 8.34. The van der Waals surface area contributed by atoms with Crippen LogP contribution < -0.4 is 11.1 Å². The van der Waals surface area contributed by atoms with Gasteiger partial charge in [0.1, 0.15) is 0 Å². The van der Waals surface area contributed by atoms with E-state index in [0.29, 0.717) is 0 Å². The van der Waals surface area contributed by atoms with Crippen LogP contribution in [0.5, 0.6) is 0 Å². The van der Waals surface area contributed by atoms with Gasteiger partial charge in [-0.15, -0.1) is 0 Å². The summed E-state index contributed by atoms with van der Waals surface area (Å²) in [5.74, 6) is 0. The van der Waals surface area contributed by atoms with Crippen molar-refractivity contribution in [3.8, 4) is 0 Å². The van der Waals surface area contributed by atoms with Crippen molar-refractivity contribution < 1.29 is 10.2 Å². The third-order valence-corrected chi connectivity index (χ3v) is 1.37. The summed E-state index contributed by atoms with van der Waals surface area (Å²) < 4.78 is 0. The number of benzene rings is 1. The molecule has 0 saturated carbocycles. The van der Waals surface area contributed by atoms with Crippen LogP contribution in [-0.4, -0.2) is 50.1 Å². The maximum atomic E-state index is 8.72. The summed E-state index contributed by atoms with van der Waals surface area (Å²) in [5, 5.41) is 18.2. The van der Waals surface area contributed by atoms with Crippen LogP contribution in [0.15, 0.2) is 24.3 Å². The Bertz CT molecular complexity index is 358. The van der Waals surface area contributed by atoms with E-state index in [1.165, 1.54) is 0 Å². The number of nitrogens with two attached hydrogens (primary N) is 1. The number of aliphatic hydroxyl groups excluding tert-OH is 2. The first-order valence-corrected chi connectivity index (χ1v) is 4.78. The second kappa shape index (κ2) is 12.1. The van der Waals surface area contributed by atoms with Crippen LogP contribution in [0.3, 0.4) is 0 Å². The Labute approximate surface area is 135 Å². The van der Waals surface area contributed by atoms with Gasteiger partial charge in [0.25, 0.3) is 10.3 Å². The van der Waals surface area contributed by atoms with Crippen molar-refractivity contribution in [2.45, 2.75) is 14.4 Å². The molecule has 0 saturated heterocycles. The molecule has 0 heterocycles. The van der Waals surface area contributed by atoms with E-state index in [1.54, 1.807) is 0 Å². The molecular formula is C10H17N2NaO2S2. The number of aryl methyl sites for hydroxylation is 1. The minimum absolute atomic E-state index is 0. The fraction of sp³-hybridized carbons (Fsp3) is 0.200. The molecule has 0 radical (unpaired) electrons. The number of rotatable bonds is 1. The zero-order valence-electron chi connectivity index (χ0n) is 8.10. The van der Waals surface area contributed by atoms with Crippen molar-refractivity contribution in [1.82, 2.24) is 0 Å². The fourth-order valence-corrected chi connectivity index (χ4v) is 0.964. The second-order valence-corrected chi connectivity index (χ2v) is 3.44. The van der Waals surface area contributed by atoms with Gasteiger partial charge in [0.05, 0.1) is 0 Å². The van der Waals surface area contributed by atoms with E-state index < -0.39 is 5.17 Å². The Kier molecular flexibility index (Phi) is 15.5. The van der Waals surface area contributed by atoms with Gasteiger partial charge >= 0.3 is 29.6 Å². The molecular weight excluding hydrogens is 267 g/mol. The summed E-state index contributed by atoms with van der Waals surface area (Å²) in [5.41, 5.74) is 6.35. The van der Waals surface area contributed by atoms with Crippen LogP contribution in [0.2, 0.25) is 0 Å². The average molecular weight is 284 g/mol. The standard InChI is InChI=1S/C8H9NOS.CH3NOS.CH4.Na.H/c1-6-3-2-4-7(5-6)9-8(10)11;2-1(3)4;;;/h2-5H,1H3,(H2,9,10,11);(H3,2,3,4);1H4;;. The molecule has 4 nitrogen and oxygen atoms in total. The fourth-order valence-electron chi connectivity index (χ4n) is 0.846. The van der Waals surface area contributed by atoms with Crippen molar-refractivity contribution in [2.24, 2.45) is 5.73 Å². The monoisotopic (exact) mass is 284 g/mol. The molecule has 0 aliphatic carbocycles. The maximum absolute atomic E-state index is 8.72. The molecule has 1 aromatic rings. The quantitative estimate of drug-likeness (QED) is 0.467. The molecule has 0 aliphatic rings. The summed E-state index contributed by atoms with van der Waals surface area (Å²) in [4.78, 5) is 0. The van der Waals surface area contributed by atoms with Gasteiger partial charge < -0.3 is 21.3 Å². The van der Waals surface area contributed by atoms with E-state index in [-0.39, 0.29) is 42.2 Å². The van der Waals surface area contributed by atoms with Crippen LogP contribution in [0.4, 0.5) is 5.69 Å². The van der Waals surface area contributed by atoms with Crippen LogP contribution in [-0.2, 0) is 0 Å². The van der Waals surface area contributed by atoms with Crippen LogP contribution in [0, 0.1) is 6.92 Å². The van der Waals surface area contributed by atoms with E-state index in [4.69, 9.17) is 10.2 Å². The Hall–Kier alpha value is -0.400. The van der Waals surface area contributed by atoms with Crippen LogP contribution in [0.1, 0.15) is 13.0 Å². The summed E-state index contributed by atoms with van der Waals surface area (Å²) in [6.07, 6.45) is 0. The van der Waals surface area contributed by atoms with Gasteiger partial charge in [-0.05, 0) is 49.1 Å². The molecule has 92 valence electrons. The van der Waals surface area contributed by atoms with Gasteiger partial charge in [0.2, 0.25) is 0 Å². The van der Waals surface area contributed by atoms with Crippen molar-refractivity contribution >= 4 is 70.0 Å². The van der Waals surface area contributed by atoms with Gasteiger partial charge in [-0.2, -0.15) is 0 Å². The van der Waals surface area contributed by atoms with Gasteiger partial charge in [0.15, 0.2) is 0 Å². The number of nitrogens with one attached hydrogen (secondary N) is 1. The van der Waals surface area contributed by atoms with E-state index in [1.807, 2.05) is 31.2 Å². The molecule has 1 rings (SSSR count). The molecule has 0 atom stereocenters. The number of thiocarbonyl (C=S) groups is 2. The Balaban J connectivity index is -0.000000289. The Morgan fingerprint density at radius 3 is 2.12 bits per heavy atom. The van der Waals surface area contributed by atoms with E-state index in [2.05, 4.69) is 35.5 Å². The van der Waals surface area contributed by atoms with Crippen LogP contribution >= 0.6 is 24.4 Å². The summed E-state index contributed by atoms with van der Waals surface area (Å²) in [6, 6.07) is 7.62. The number of hydrogen-bond donors (Lipinski definition) is 4. The molecule has 0 spiro atoms. The molecule has 5 N–H and O–H groups in total. The third kappa shape index (κ3) is 15.6. The third-order valence-electron chi connectivity index (χ3n) is 1.27. The average Bonchev–Trinajstić information content (AvgIpc) is 2.00.